The van der Waals surface area contributed by atoms with Gasteiger partial charge in [-0.15, -0.1) is 11.3 Å². The van der Waals surface area contributed by atoms with Crippen molar-refractivity contribution in [2.24, 2.45) is 0 Å². The molecule has 0 saturated carbocycles. The van der Waals surface area contributed by atoms with Crippen molar-refractivity contribution < 1.29 is 9.53 Å². The van der Waals surface area contributed by atoms with Crippen molar-refractivity contribution in [3.8, 4) is 0 Å². The highest BCUT2D eigenvalue weighted by atomic mass is 32.1. The number of esters is 1. The van der Waals surface area contributed by atoms with E-state index in [9.17, 15) is 4.79 Å². The molecule has 0 atom stereocenters. The van der Waals surface area contributed by atoms with Crippen LogP contribution in [0.25, 0.3) is 0 Å². The number of nitrogens with one attached hydrogen (secondary N) is 1. The maximum atomic E-state index is 11.8. The summed E-state index contributed by atoms with van der Waals surface area (Å²) in [5.74, 6) is -0.452. The van der Waals surface area contributed by atoms with Crippen LogP contribution in [0.2, 0.25) is 0 Å². The third kappa shape index (κ3) is 4.14. The van der Waals surface area contributed by atoms with Gasteiger partial charge in [0.05, 0.1) is 5.69 Å². The molecule has 0 unspecified atom stereocenters. The zero-order valence-corrected chi connectivity index (χ0v) is 13.3. The Morgan fingerprint density at radius 3 is 2.78 bits per heavy atom. The molecule has 0 aliphatic heterocycles. The van der Waals surface area contributed by atoms with Gasteiger partial charge in [0, 0.05) is 17.3 Å². The summed E-state index contributed by atoms with van der Waals surface area (Å²) in [6.45, 7) is 2.17. The predicted octanol–water partition coefficient (Wildman–Crippen LogP) is 3.95. The molecule has 116 valence electrons. The lowest BCUT2D eigenvalue weighted by molar-refractivity contribution is 0.0461. The Hall–Kier alpha value is -2.73. The van der Waals surface area contributed by atoms with Crippen molar-refractivity contribution in [3.05, 3.63) is 71.0 Å². The normalized spacial score (nSPS) is 10.3. The molecular formula is C17H15N3O2S. The van der Waals surface area contributed by atoms with E-state index in [2.05, 4.69) is 15.3 Å². The van der Waals surface area contributed by atoms with Gasteiger partial charge in [-0.25, -0.2) is 14.8 Å². The average molecular weight is 325 g/mol. The number of thiazole rings is 1. The number of hydrogen-bond acceptors (Lipinski definition) is 6. The second-order valence-corrected chi connectivity index (χ2v) is 5.78. The van der Waals surface area contributed by atoms with Gasteiger partial charge < -0.3 is 10.1 Å². The summed E-state index contributed by atoms with van der Waals surface area (Å²) in [7, 11) is 0. The number of pyridine rings is 1. The van der Waals surface area contributed by atoms with E-state index < -0.39 is 5.97 Å². The molecule has 0 spiro atoms. The third-order valence-electron chi connectivity index (χ3n) is 3.08. The molecule has 0 radical (unpaired) electrons. The lowest BCUT2D eigenvalue weighted by atomic mass is 10.2. The Kier molecular flexibility index (Phi) is 4.63. The van der Waals surface area contributed by atoms with Gasteiger partial charge in [-0.1, -0.05) is 23.8 Å². The monoisotopic (exact) mass is 325 g/mol. The minimum Gasteiger partial charge on any atom is -0.454 e. The van der Waals surface area contributed by atoms with Crippen molar-refractivity contribution in [3.63, 3.8) is 0 Å². The molecule has 5 nitrogen and oxygen atoms in total. The first-order valence-electron chi connectivity index (χ1n) is 7.07. The summed E-state index contributed by atoms with van der Waals surface area (Å²) in [5.41, 5.74) is 3.17. The van der Waals surface area contributed by atoms with E-state index in [1.165, 1.54) is 16.9 Å². The second kappa shape index (κ2) is 7.02. The molecule has 0 saturated heterocycles. The van der Waals surface area contributed by atoms with Crippen molar-refractivity contribution >= 4 is 28.1 Å². The van der Waals surface area contributed by atoms with Gasteiger partial charge in [0.25, 0.3) is 0 Å². The van der Waals surface area contributed by atoms with E-state index in [0.29, 0.717) is 11.4 Å². The highest BCUT2D eigenvalue weighted by Gasteiger charge is 2.09. The van der Waals surface area contributed by atoms with Gasteiger partial charge in [-0.3, -0.25) is 0 Å². The number of ether oxygens (including phenoxy) is 1. The molecular weight excluding hydrogens is 310 g/mol. The van der Waals surface area contributed by atoms with Gasteiger partial charge in [-0.2, -0.15) is 0 Å². The van der Waals surface area contributed by atoms with E-state index in [-0.39, 0.29) is 6.61 Å². The Bertz CT molecular complexity index is 785. The van der Waals surface area contributed by atoms with Crippen molar-refractivity contribution in [1.82, 2.24) is 9.97 Å². The Morgan fingerprint density at radius 2 is 2.04 bits per heavy atom. The molecule has 0 amide bonds. The first-order chi connectivity index (χ1) is 11.2. The second-order valence-electron chi connectivity index (χ2n) is 4.93. The quantitative estimate of drug-likeness (QED) is 0.720. The van der Waals surface area contributed by atoms with Gasteiger partial charge in [0.1, 0.15) is 12.3 Å². The van der Waals surface area contributed by atoms with Crippen LogP contribution in [0, 0.1) is 6.92 Å². The molecule has 0 aliphatic carbocycles. The van der Waals surface area contributed by atoms with Crippen LogP contribution in [0.3, 0.4) is 0 Å². The fourth-order valence-electron chi connectivity index (χ4n) is 1.89. The fourth-order valence-corrected chi connectivity index (χ4v) is 2.60. The Labute approximate surface area is 138 Å². The number of anilines is 2. The van der Waals surface area contributed by atoms with E-state index in [1.54, 1.807) is 24.4 Å². The van der Waals surface area contributed by atoms with Crippen molar-refractivity contribution in [2.45, 2.75) is 13.5 Å². The van der Waals surface area contributed by atoms with Crippen molar-refractivity contribution in [1.29, 1.82) is 0 Å². The largest absolute Gasteiger partial charge is 0.454 e. The number of carbonyl (C=O) groups is 1. The summed E-state index contributed by atoms with van der Waals surface area (Å²) in [4.78, 5) is 20.2. The number of carbonyl (C=O) groups excluding carboxylic acids is 1. The van der Waals surface area contributed by atoms with Gasteiger partial charge in [-0.05, 0) is 31.2 Å². The van der Waals surface area contributed by atoms with Crippen LogP contribution in [-0.2, 0) is 11.3 Å². The first kappa shape index (κ1) is 15.2. The molecule has 3 aromatic rings. The summed E-state index contributed by atoms with van der Waals surface area (Å²) in [6.07, 6.45) is 1.56. The molecule has 0 bridgehead atoms. The number of aromatic nitrogens is 2. The maximum Gasteiger partial charge on any atom is 0.357 e. The van der Waals surface area contributed by atoms with Crippen LogP contribution < -0.4 is 5.32 Å². The smallest absolute Gasteiger partial charge is 0.357 e. The predicted molar refractivity (Wildman–Crippen MR) is 89.9 cm³/mol. The van der Waals surface area contributed by atoms with Crippen LogP contribution in [-0.4, -0.2) is 15.9 Å². The highest BCUT2D eigenvalue weighted by molar-refractivity contribution is 7.13. The lowest BCUT2D eigenvalue weighted by Crippen LogP contribution is -2.07. The van der Waals surface area contributed by atoms with Crippen molar-refractivity contribution in [2.75, 3.05) is 5.32 Å². The van der Waals surface area contributed by atoms with Gasteiger partial charge in [0.15, 0.2) is 5.13 Å². The number of rotatable bonds is 5. The molecule has 1 N–H and O–H groups in total. The van der Waals surface area contributed by atoms with Gasteiger partial charge >= 0.3 is 5.97 Å². The highest BCUT2D eigenvalue weighted by Crippen LogP contribution is 2.21. The minimum atomic E-state index is -0.452. The molecule has 1 aromatic carbocycles. The number of nitrogens with zero attached hydrogens (tertiary/aromatic N) is 2. The van der Waals surface area contributed by atoms with E-state index in [0.717, 1.165) is 10.8 Å². The van der Waals surface area contributed by atoms with E-state index in [4.69, 9.17) is 4.74 Å². The standard InChI is InChI=1S/C17H15N3O2S/c1-12-5-7-13(8-6-12)19-17-20-14(11-23-17)10-22-16(21)15-4-2-3-9-18-15/h2-9,11H,10H2,1H3,(H,19,20). The van der Waals surface area contributed by atoms with Gasteiger partial charge in [0.2, 0.25) is 0 Å². The number of hydrogen-bond donors (Lipinski definition) is 1. The lowest BCUT2D eigenvalue weighted by Gasteiger charge is -2.03. The van der Waals surface area contributed by atoms with Crippen LogP contribution in [0.4, 0.5) is 10.8 Å². The molecule has 0 fully saturated rings. The molecule has 2 heterocycles. The van der Waals surface area contributed by atoms with Crippen LogP contribution in [0.1, 0.15) is 21.7 Å². The zero-order chi connectivity index (χ0) is 16.1. The third-order valence-corrected chi connectivity index (χ3v) is 3.89. The Morgan fingerprint density at radius 1 is 1.22 bits per heavy atom. The summed E-state index contributed by atoms with van der Waals surface area (Å²) < 4.78 is 5.21. The summed E-state index contributed by atoms with van der Waals surface area (Å²) >= 11 is 1.47. The summed E-state index contributed by atoms with van der Waals surface area (Å²) in [5, 5.41) is 5.85. The first-order valence-corrected chi connectivity index (χ1v) is 7.95. The SMILES string of the molecule is Cc1ccc(Nc2nc(COC(=O)c3ccccn3)cs2)cc1. The van der Waals surface area contributed by atoms with Crippen LogP contribution >= 0.6 is 11.3 Å². The molecule has 3 rings (SSSR count). The topological polar surface area (TPSA) is 64.1 Å². The summed E-state index contributed by atoms with van der Waals surface area (Å²) in [6, 6.07) is 13.2. The van der Waals surface area contributed by atoms with Crippen LogP contribution in [0.5, 0.6) is 0 Å². The molecule has 6 heteroatoms. The molecule has 23 heavy (non-hydrogen) atoms. The zero-order valence-electron chi connectivity index (χ0n) is 12.5. The van der Waals surface area contributed by atoms with E-state index in [1.807, 2.05) is 36.6 Å². The average Bonchev–Trinajstić information content (AvgIpc) is 3.03. The van der Waals surface area contributed by atoms with Crippen LogP contribution in [0.15, 0.2) is 54.0 Å². The number of benzene rings is 1. The Balaban J connectivity index is 1.57. The molecule has 0 aliphatic rings. The maximum absolute atomic E-state index is 11.8. The van der Waals surface area contributed by atoms with E-state index >= 15 is 0 Å². The number of aryl methyl sites for hydroxylation is 1. The molecule has 2 aromatic heterocycles. The fraction of sp³-hybridized carbons (Fsp3) is 0.118. The minimum absolute atomic E-state index is 0.126.